The zero-order valence-electron chi connectivity index (χ0n) is 15.5. The van der Waals surface area contributed by atoms with Gasteiger partial charge in [-0.05, 0) is 63.5 Å². The smallest absolute Gasteiger partial charge is 0.246 e. The molecule has 0 radical (unpaired) electrons. The van der Waals surface area contributed by atoms with Crippen LogP contribution in [0.2, 0.25) is 0 Å². The molecule has 1 fully saturated rings. The third-order valence-electron chi connectivity index (χ3n) is 5.89. The van der Waals surface area contributed by atoms with Gasteiger partial charge in [-0.15, -0.1) is 11.3 Å². The van der Waals surface area contributed by atoms with Gasteiger partial charge in [0.1, 0.15) is 23.4 Å². The molecule has 0 spiro atoms. The van der Waals surface area contributed by atoms with Crippen LogP contribution in [0.3, 0.4) is 0 Å². The number of rotatable bonds is 6. The van der Waals surface area contributed by atoms with Crippen molar-refractivity contribution in [3.05, 3.63) is 16.8 Å². The maximum atomic E-state index is 11.3. The van der Waals surface area contributed by atoms with Crippen molar-refractivity contribution in [3.8, 4) is 5.88 Å². The minimum atomic E-state index is -1.12. The van der Waals surface area contributed by atoms with Crippen molar-refractivity contribution >= 4 is 27.5 Å². The van der Waals surface area contributed by atoms with E-state index in [-0.39, 0.29) is 12.0 Å². The van der Waals surface area contributed by atoms with Gasteiger partial charge in [0.2, 0.25) is 11.8 Å². The summed E-state index contributed by atoms with van der Waals surface area (Å²) < 4.78 is 6.32. The molecule has 0 saturated heterocycles. The highest BCUT2D eigenvalue weighted by Gasteiger charge is 2.33. The van der Waals surface area contributed by atoms with Crippen molar-refractivity contribution in [1.29, 1.82) is 0 Å². The molecule has 0 aromatic carbocycles. The van der Waals surface area contributed by atoms with E-state index in [0.717, 1.165) is 54.3 Å². The molecule has 2 heterocycles. The molecule has 8 heteroatoms. The quantitative estimate of drug-likeness (QED) is 0.694. The molecular formula is C19H26N4O3S. The van der Waals surface area contributed by atoms with Crippen LogP contribution in [0.4, 0.5) is 0 Å². The lowest BCUT2D eigenvalue weighted by Crippen LogP contribution is -2.34. The number of nitrogens with zero attached hydrogens (tertiary/aromatic N) is 2. The zero-order valence-corrected chi connectivity index (χ0v) is 16.3. The van der Waals surface area contributed by atoms with Gasteiger partial charge in [0.05, 0.1) is 5.39 Å². The van der Waals surface area contributed by atoms with Gasteiger partial charge >= 0.3 is 0 Å². The van der Waals surface area contributed by atoms with E-state index in [1.165, 1.54) is 4.88 Å². The SMILES string of the molecule is CNC1CCC(Oc2ncnc3sc4c(c23)[C@@H](C[C@@H](O)C(N)=O)CC4)CC1. The fourth-order valence-electron chi connectivity index (χ4n) is 4.38. The topological polar surface area (TPSA) is 110 Å². The number of hydrogen-bond acceptors (Lipinski definition) is 7. The molecule has 7 nitrogen and oxygen atoms in total. The molecule has 0 bridgehead atoms. The molecule has 2 aliphatic carbocycles. The maximum absolute atomic E-state index is 11.3. The second kappa shape index (κ2) is 7.69. The normalized spacial score (nSPS) is 26.1. The minimum absolute atomic E-state index is 0.0876. The van der Waals surface area contributed by atoms with Gasteiger partial charge in [-0.2, -0.15) is 0 Å². The Morgan fingerprint density at radius 1 is 1.37 bits per heavy atom. The molecule has 0 aliphatic heterocycles. The van der Waals surface area contributed by atoms with E-state index in [9.17, 15) is 9.90 Å². The number of thiophene rings is 1. The Balaban J connectivity index is 1.60. The summed E-state index contributed by atoms with van der Waals surface area (Å²) in [7, 11) is 2.01. The van der Waals surface area contributed by atoms with Gasteiger partial charge in [0.25, 0.3) is 0 Å². The molecule has 2 aliphatic rings. The minimum Gasteiger partial charge on any atom is -0.474 e. The van der Waals surface area contributed by atoms with Crippen LogP contribution in [0.1, 0.15) is 54.9 Å². The summed E-state index contributed by atoms with van der Waals surface area (Å²) in [5.41, 5.74) is 6.41. The number of aliphatic hydroxyl groups excluding tert-OH is 1. The van der Waals surface area contributed by atoms with Gasteiger partial charge < -0.3 is 20.9 Å². The first-order valence-corrected chi connectivity index (χ1v) is 10.5. The summed E-state index contributed by atoms with van der Waals surface area (Å²) in [6, 6.07) is 0.570. The Hall–Kier alpha value is -1.77. The van der Waals surface area contributed by atoms with Crippen LogP contribution in [-0.4, -0.2) is 46.3 Å². The molecule has 146 valence electrons. The Labute approximate surface area is 162 Å². The molecule has 2 atom stereocenters. The van der Waals surface area contributed by atoms with Gasteiger partial charge in [-0.25, -0.2) is 9.97 Å². The Morgan fingerprint density at radius 3 is 2.85 bits per heavy atom. The van der Waals surface area contributed by atoms with Crippen LogP contribution in [-0.2, 0) is 11.2 Å². The highest BCUT2D eigenvalue weighted by atomic mass is 32.1. The average Bonchev–Trinajstić information content (AvgIpc) is 3.22. The standard InChI is InChI=1S/C19H26N4O3S/c1-21-11-3-5-12(6-4-11)26-18-16-15-10(8-13(24)17(20)25)2-7-14(15)27-19(16)23-9-22-18/h9-13,21,24H,2-8H2,1H3,(H2,20,25)/t10-,11?,12?,13-/m1/s1. The first-order chi connectivity index (χ1) is 13.1. The number of fused-ring (bicyclic) bond motifs is 3. The number of aryl methyl sites for hydroxylation is 1. The first-order valence-electron chi connectivity index (χ1n) is 9.64. The summed E-state index contributed by atoms with van der Waals surface area (Å²) in [6.45, 7) is 0. The number of nitrogens with two attached hydrogens (primary N) is 1. The zero-order chi connectivity index (χ0) is 19.0. The van der Waals surface area contributed by atoms with Crippen LogP contribution in [0.5, 0.6) is 5.88 Å². The van der Waals surface area contributed by atoms with E-state index < -0.39 is 12.0 Å². The van der Waals surface area contributed by atoms with Crippen LogP contribution < -0.4 is 15.8 Å². The van der Waals surface area contributed by atoms with Crippen LogP contribution in [0.15, 0.2) is 6.33 Å². The number of amides is 1. The molecule has 2 aromatic rings. The van der Waals surface area contributed by atoms with E-state index in [1.54, 1.807) is 17.7 Å². The molecule has 1 saturated carbocycles. The molecule has 1 amide bonds. The van der Waals surface area contributed by atoms with Gasteiger partial charge in [0, 0.05) is 10.9 Å². The average molecular weight is 391 g/mol. The Kier molecular flexibility index (Phi) is 5.29. The molecule has 4 rings (SSSR count). The predicted molar refractivity (Wildman–Crippen MR) is 104 cm³/mol. The number of aromatic nitrogens is 2. The number of carbonyl (C=O) groups excluding carboxylic acids is 1. The second-order valence-corrected chi connectivity index (χ2v) is 8.65. The third kappa shape index (κ3) is 3.66. The van der Waals surface area contributed by atoms with E-state index in [4.69, 9.17) is 10.5 Å². The summed E-state index contributed by atoms with van der Waals surface area (Å²) in [5.74, 6) is 0.0625. The Morgan fingerprint density at radius 2 is 2.15 bits per heavy atom. The lowest BCUT2D eigenvalue weighted by Gasteiger charge is -2.28. The number of nitrogens with one attached hydrogen (secondary N) is 1. The highest BCUT2D eigenvalue weighted by Crippen LogP contribution is 2.47. The van der Waals surface area contributed by atoms with Crippen molar-refractivity contribution in [1.82, 2.24) is 15.3 Å². The summed E-state index contributed by atoms with van der Waals surface area (Å²) in [5, 5.41) is 14.3. The number of ether oxygens (including phenoxy) is 1. The summed E-state index contributed by atoms with van der Waals surface area (Å²) in [6.07, 6.45) is 7.00. The Bertz CT molecular complexity index is 832. The molecule has 27 heavy (non-hydrogen) atoms. The highest BCUT2D eigenvalue weighted by molar-refractivity contribution is 7.19. The first kappa shape index (κ1) is 18.6. The monoisotopic (exact) mass is 390 g/mol. The lowest BCUT2D eigenvalue weighted by molar-refractivity contribution is -0.126. The maximum Gasteiger partial charge on any atom is 0.246 e. The summed E-state index contributed by atoms with van der Waals surface area (Å²) >= 11 is 1.67. The van der Waals surface area contributed by atoms with E-state index in [1.807, 2.05) is 7.05 Å². The van der Waals surface area contributed by atoms with Gasteiger partial charge in [0.15, 0.2) is 0 Å². The van der Waals surface area contributed by atoms with Gasteiger partial charge in [-0.1, -0.05) is 0 Å². The van der Waals surface area contributed by atoms with E-state index >= 15 is 0 Å². The number of aliphatic hydroxyl groups is 1. The third-order valence-corrected chi connectivity index (χ3v) is 7.07. The van der Waals surface area contributed by atoms with Crippen molar-refractivity contribution in [2.75, 3.05) is 7.05 Å². The molecular weight excluding hydrogens is 364 g/mol. The van der Waals surface area contributed by atoms with Crippen molar-refractivity contribution in [2.24, 2.45) is 5.73 Å². The summed E-state index contributed by atoms with van der Waals surface area (Å²) in [4.78, 5) is 22.4. The predicted octanol–water partition coefficient (Wildman–Crippen LogP) is 1.87. The number of carbonyl (C=O) groups is 1. The van der Waals surface area contributed by atoms with E-state index in [2.05, 4.69) is 15.3 Å². The van der Waals surface area contributed by atoms with Crippen LogP contribution in [0, 0.1) is 0 Å². The molecule has 2 aromatic heterocycles. The second-order valence-electron chi connectivity index (χ2n) is 7.57. The fourth-order valence-corrected chi connectivity index (χ4v) is 5.61. The van der Waals surface area contributed by atoms with Crippen molar-refractivity contribution in [2.45, 2.75) is 69.1 Å². The largest absolute Gasteiger partial charge is 0.474 e. The molecule has 0 unspecified atom stereocenters. The number of primary amides is 1. The van der Waals surface area contributed by atoms with Crippen LogP contribution in [0.25, 0.3) is 10.2 Å². The van der Waals surface area contributed by atoms with E-state index in [0.29, 0.717) is 18.3 Å². The number of hydrogen-bond donors (Lipinski definition) is 3. The fraction of sp³-hybridized carbons (Fsp3) is 0.632. The van der Waals surface area contributed by atoms with Gasteiger partial charge in [-0.3, -0.25) is 4.79 Å². The van der Waals surface area contributed by atoms with Crippen LogP contribution >= 0.6 is 11.3 Å². The molecule has 4 N–H and O–H groups in total. The lowest BCUT2D eigenvalue weighted by atomic mass is 9.93. The van der Waals surface area contributed by atoms with Crippen molar-refractivity contribution < 1.29 is 14.6 Å². The van der Waals surface area contributed by atoms with Crippen molar-refractivity contribution in [3.63, 3.8) is 0 Å².